The average Bonchev–Trinajstić information content (AvgIpc) is 2.15. The van der Waals surface area contributed by atoms with Gasteiger partial charge in [-0.25, -0.2) is 4.79 Å². The summed E-state index contributed by atoms with van der Waals surface area (Å²) in [6.45, 7) is 5.29. The van der Waals surface area contributed by atoms with Crippen molar-refractivity contribution in [1.82, 2.24) is 4.98 Å². The molecule has 0 aliphatic carbocycles. The van der Waals surface area contributed by atoms with Crippen LogP contribution in [0.1, 0.15) is 26.3 Å². The molecule has 84 valence electrons. The molecule has 0 saturated carbocycles. The number of anilines is 1. The maximum atomic E-state index is 11.4. The summed E-state index contributed by atoms with van der Waals surface area (Å²) in [5, 5.41) is 11.3. The minimum Gasteiger partial charge on any atom is -0.444 e. The predicted molar refractivity (Wildman–Crippen MR) is 58.8 cm³/mol. The maximum Gasteiger partial charge on any atom is 0.412 e. The van der Waals surface area contributed by atoms with Gasteiger partial charge < -0.3 is 4.74 Å². The fourth-order valence-electron chi connectivity index (χ4n) is 1.01. The largest absolute Gasteiger partial charge is 0.444 e. The van der Waals surface area contributed by atoms with E-state index in [0.717, 1.165) is 0 Å². The first-order valence-corrected chi connectivity index (χ1v) is 4.76. The number of hydrogen-bond donors (Lipinski definition) is 1. The zero-order chi connectivity index (χ0) is 12.2. The van der Waals surface area contributed by atoms with Crippen molar-refractivity contribution in [2.24, 2.45) is 0 Å². The maximum absolute atomic E-state index is 11.4. The highest BCUT2D eigenvalue weighted by atomic mass is 16.6. The van der Waals surface area contributed by atoms with Gasteiger partial charge in [0.05, 0.1) is 17.4 Å². The molecule has 0 aliphatic heterocycles. The second kappa shape index (κ2) is 4.62. The van der Waals surface area contributed by atoms with Crippen LogP contribution in [0.2, 0.25) is 0 Å². The van der Waals surface area contributed by atoms with Crippen molar-refractivity contribution in [3.63, 3.8) is 0 Å². The molecule has 1 aromatic rings. The van der Waals surface area contributed by atoms with E-state index in [2.05, 4.69) is 10.3 Å². The Morgan fingerprint density at radius 1 is 1.56 bits per heavy atom. The summed E-state index contributed by atoms with van der Waals surface area (Å²) in [4.78, 5) is 15.2. The fourth-order valence-corrected chi connectivity index (χ4v) is 1.01. The van der Waals surface area contributed by atoms with Crippen molar-refractivity contribution < 1.29 is 9.53 Å². The van der Waals surface area contributed by atoms with E-state index in [1.165, 1.54) is 18.5 Å². The number of amides is 1. The number of carbonyl (C=O) groups excluding carboxylic acids is 1. The summed E-state index contributed by atoms with van der Waals surface area (Å²) in [5.74, 6) is 0. The topological polar surface area (TPSA) is 75.0 Å². The van der Waals surface area contributed by atoms with Gasteiger partial charge in [0.15, 0.2) is 0 Å². The highest BCUT2D eigenvalue weighted by Crippen LogP contribution is 2.14. The highest BCUT2D eigenvalue weighted by Gasteiger charge is 2.17. The van der Waals surface area contributed by atoms with Crippen LogP contribution in [-0.4, -0.2) is 16.7 Å². The summed E-state index contributed by atoms with van der Waals surface area (Å²) < 4.78 is 5.05. The predicted octanol–water partition coefficient (Wildman–Crippen LogP) is 2.30. The smallest absolute Gasteiger partial charge is 0.412 e. The van der Waals surface area contributed by atoms with Crippen molar-refractivity contribution in [1.29, 1.82) is 5.26 Å². The van der Waals surface area contributed by atoms with Gasteiger partial charge in [-0.2, -0.15) is 5.26 Å². The van der Waals surface area contributed by atoms with Gasteiger partial charge in [-0.1, -0.05) is 0 Å². The summed E-state index contributed by atoms with van der Waals surface area (Å²) in [5.41, 5.74) is 0.124. The van der Waals surface area contributed by atoms with E-state index in [-0.39, 0.29) is 0 Å². The van der Waals surface area contributed by atoms with Gasteiger partial charge in [-0.05, 0) is 26.8 Å². The van der Waals surface area contributed by atoms with Crippen LogP contribution >= 0.6 is 0 Å². The Morgan fingerprint density at radius 2 is 2.25 bits per heavy atom. The van der Waals surface area contributed by atoms with E-state index in [1.807, 2.05) is 6.07 Å². The van der Waals surface area contributed by atoms with Gasteiger partial charge in [0.2, 0.25) is 0 Å². The number of aromatic nitrogens is 1. The second-order valence-corrected chi connectivity index (χ2v) is 4.16. The van der Waals surface area contributed by atoms with Crippen LogP contribution in [0.4, 0.5) is 10.5 Å². The summed E-state index contributed by atoms with van der Waals surface area (Å²) in [6, 6.07) is 3.47. The molecule has 1 N–H and O–H groups in total. The summed E-state index contributed by atoms with van der Waals surface area (Å²) in [7, 11) is 0. The number of hydrogen-bond acceptors (Lipinski definition) is 4. The molecule has 0 unspecified atom stereocenters. The minimum absolute atomic E-state index is 0.347. The summed E-state index contributed by atoms with van der Waals surface area (Å²) in [6.07, 6.45) is 2.29. The number of nitrogens with zero attached hydrogens (tertiary/aromatic N) is 2. The molecule has 0 bridgehead atoms. The van der Waals surface area contributed by atoms with E-state index in [9.17, 15) is 4.79 Å². The van der Waals surface area contributed by atoms with Crippen LogP contribution in [0.3, 0.4) is 0 Å². The quantitative estimate of drug-likeness (QED) is 0.786. The third-order valence-electron chi connectivity index (χ3n) is 1.58. The lowest BCUT2D eigenvalue weighted by molar-refractivity contribution is 0.0636. The summed E-state index contributed by atoms with van der Waals surface area (Å²) >= 11 is 0. The minimum atomic E-state index is -0.600. The first-order chi connectivity index (χ1) is 7.42. The first kappa shape index (κ1) is 12.0. The highest BCUT2D eigenvalue weighted by molar-refractivity contribution is 5.86. The standard InChI is InChI=1S/C11H13N3O2/c1-11(2,3)16-10(15)14-9-7-13-5-4-8(9)6-12/h4-5,7H,1-3H3,(H,14,15). The van der Waals surface area contributed by atoms with E-state index in [1.54, 1.807) is 20.8 Å². The Hall–Kier alpha value is -2.09. The van der Waals surface area contributed by atoms with Crippen LogP contribution in [-0.2, 0) is 4.74 Å². The van der Waals surface area contributed by atoms with Crippen LogP contribution in [0.15, 0.2) is 18.5 Å². The lowest BCUT2D eigenvalue weighted by Crippen LogP contribution is -2.27. The van der Waals surface area contributed by atoms with Gasteiger partial charge in [0, 0.05) is 6.20 Å². The van der Waals surface area contributed by atoms with Gasteiger partial charge in [-0.3, -0.25) is 10.3 Å². The SMILES string of the molecule is CC(C)(C)OC(=O)Nc1cnccc1C#N. The molecule has 0 aromatic carbocycles. The Labute approximate surface area is 94.1 Å². The lowest BCUT2D eigenvalue weighted by atomic mass is 10.2. The number of nitrogens with one attached hydrogen (secondary N) is 1. The van der Waals surface area contributed by atoms with Crippen molar-refractivity contribution >= 4 is 11.8 Å². The van der Waals surface area contributed by atoms with Gasteiger partial charge in [0.1, 0.15) is 11.7 Å². The average molecular weight is 219 g/mol. The molecular formula is C11H13N3O2. The molecule has 0 atom stereocenters. The Balaban J connectivity index is 2.75. The molecule has 1 heterocycles. The van der Waals surface area contributed by atoms with Crippen LogP contribution < -0.4 is 5.32 Å². The van der Waals surface area contributed by atoms with Crippen LogP contribution in [0.5, 0.6) is 0 Å². The van der Waals surface area contributed by atoms with Crippen molar-refractivity contribution in [2.75, 3.05) is 5.32 Å². The lowest BCUT2D eigenvalue weighted by Gasteiger charge is -2.19. The van der Waals surface area contributed by atoms with Crippen molar-refractivity contribution in [3.05, 3.63) is 24.0 Å². The van der Waals surface area contributed by atoms with E-state index < -0.39 is 11.7 Å². The number of pyridine rings is 1. The van der Waals surface area contributed by atoms with E-state index in [4.69, 9.17) is 10.00 Å². The fraction of sp³-hybridized carbons (Fsp3) is 0.364. The normalized spacial score (nSPS) is 10.4. The number of ether oxygens (including phenoxy) is 1. The van der Waals surface area contributed by atoms with E-state index >= 15 is 0 Å². The molecule has 0 radical (unpaired) electrons. The molecule has 0 saturated heterocycles. The third kappa shape index (κ3) is 3.58. The Kier molecular flexibility index (Phi) is 3.46. The van der Waals surface area contributed by atoms with Gasteiger partial charge in [-0.15, -0.1) is 0 Å². The Morgan fingerprint density at radius 3 is 2.81 bits per heavy atom. The Bertz CT molecular complexity index is 430. The third-order valence-corrected chi connectivity index (χ3v) is 1.58. The molecule has 1 rings (SSSR count). The number of carbonyl (C=O) groups is 1. The molecular weight excluding hydrogens is 206 g/mol. The molecule has 1 amide bonds. The van der Waals surface area contributed by atoms with E-state index in [0.29, 0.717) is 11.3 Å². The molecule has 1 aromatic heterocycles. The second-order valence-electron chi connectivity index (χ2n) is 4.16. The molecule has 16 heavy (non-hydrogen) atoms. The van der Waals surface area contributed by atoms with Gasteiger partial charge >= 0.3 is 6.09 Å². The van der Waals surface area contributed by atoms with Gasteiger partial charge in [0.25, 0.3) is 0 Å². The zero-order valence-electron chi connectivity index (χ0n) is 9.44. The van der Waals surface area contributed by atoms with Crippen molar-refractivity contribution in [3.8, 4) is 6.07 Å². The molecule has 5 heteroatoms. The molecule has 0 fully saturated rings. The number of nitriles is 1. The molecule has 0 aliphatic rings. The monoisotopic (exact) mass is 219 g/mol. The molecule has 5 nitrogen and oxygen atoms in total. The van der Waals surface area contributed by atoms with Crippen LogP contribution in [0, 0.1) is 11.3 Å². The van der Waals surface area contributed by atoms with Crippen LogP contribution in [0.25, 0.3) is 0 Å². The zero-order valence-corrected chi connectivity index (χ0v) is 9.44. The number of rotatable bonds is 1. The van der Waals surface area contributed by atoms with Crippen molar-refractivity contribution in [2.45, 2.75) is 26.4 Å². The first-order valence-electron chi connectivity index (χ1n) is 4.76. The molecule has 0 spiro atoms.